The number of benzene rings is 2. The second-order valence-corrected chi connectivity index (χ2v) is 9.96. The molecular weight excluding hydrogens is 456 g/mol. The minimum Gasteiger partial charge on any atom is -0.482 e. The van der Waals surface area contributed by atoms with Crippen molar-refractivity contribution in [3.8, 4) is 5.75 Å². The Kier molecular flexibility index (Phi) is 7.33. The Balaban J connectivity index is 1.47. The standard InChI is InChI=1S/C28H34N4O4/c1-19(2)20-9-8-10-21(15-20)28(3,4)30-27(35)29-22-11-12-24-23(16-22)32(26(34)18-36-24)17-25(33)31-13-6-5-7-14-31/h8-12,15-16H,1,5-7,13-14,17-18H2,2-4H3,(H2,29,30,35). The monoisotopic (exact) mass is 490 g/mol. The van der Waals surface area contributed by atoms with Crippen molar-refractivity contribution >= 4 is 34.8 Å². The number of carbonyl (C=O) groups is 3. The number of rotatable bonds is 6. The zero-order valence-electron chi connectivity index (χ0n) is 21.2. The molecule has 0 aromatic heterocycles. The van der Waals surface area contributed by atoms with Crippen LogP contribution in [0, 0.1) is 0 Å². The van der Waals surface area contributed by atoms with E-state index in [9.17, 15) is 14.4 Å². The number of ether oxygens (including phenoxy) is 1. The number of piperidine rings is 1. The third-order valence-corrected chi connectivity index (χ3v) is 6.67. The highest BCUT2D eigenvalue weighted by molar-refractivity contribution is 6.03. The lowest BCUT2D eigenvalue weighted by Crippen LogP contribution is -2.47. The third-order valence-electron chi connectivity index (χ3n) is 6.67. The molecule has 0 spiro atoms. The summed E-state index contributed by atoms with van der Waals surface area (Å²) in [5.74, 6) is 0.141. The molecule has 8 nitrogen and oxygen atoms in total. The summed E-state index contributed by atoms with van der Waals surface area (Å²) in [5, 5.41) is 5.86. The van der Waals surface area contributed by atoms with Crippen LogP contribution < -0.4 is 20.3 Å². The van der Waals surface area contributed by atoms with Crippen molar-refractivity contribution in [1.29, 1.82) is 0 Å². The number of nitrogens with zero attached hydrogens (tertiary/aromatic N) is 2. The largest absolute Gasteiger partial charge is 0.482 e. The van der Waals surface area contributed by atoms with Crippen LogP contribution in [0.25, 0.3) is 5.57 Å². The molecule has 2 aliphatic rings. The molecule has 190 valence electrons. The van der Waals surface area contributed by atoms with Gasteiger partial charge in [0.15, 0.2) is 6.61 Å². The number of urea groups is 1. The van der Waals surface area contributed by atoms with Crippen LogP contribution in [-0.4, -0.2) is 49.0 Å². The average molecular weight is 491 g/mol. The van der Waals surface area contributed by atoms with Gasteiger partial charge in [-0.15, -0.1) is 0 Å². The zero-order valence-corrected chi connectivity index (χ0v) is 21.2. The Bertz CT molecular complexity index is 1180. The topological polar surface area (TPSA) is 91.0 Å². The summed E-state index contributed by atoms with van der Waals surface area (Å²) >= 11 is 0. The van der Waals surface area contributed by atoms with Crippen LogP contribution in [0.1, 0.15) is 51.2 Å². The smallest absolute Gasteiger partial charge is 0.319 e. The number of carbonyl (C=O) groups excluding carboxylic acids is 3. The highest BCUT2D eigenvalue weighted by Crippen LogP contribution is 2.35. The molecule has 4 amide bonds. The van der Waals surface area contributed by atoms with E-state index in [0.29, 0.717) is 17.1 Å². The molecule has 1 fully saturated rings. The van der Waals surface area contributed by atoms with Gasteiger partial charge in [-0.1, -0.05) is 30.4 Å². The third kappa shape index (κ3) is 5.70. The van der Waals surface area contributed by atoms with Crippen LogP contribution in [0.2, 0.25) is 0 Å². The Hall–Kier alpha value is -3.81. The maximum atomic E-state index is 12.9. The van der Waals surface area contributed by atoms with Crippen LogP contribution in [-0.2, 0) is 15.1 Å². The van der Waals surface area contributed by atoms with E-state index < -0.39 is 5.54 Å². The number of fused-ring (bicyclic) bond motifs is 1. The van der Waals surface area contributed by atoms with E-state index in [4.69, 9.17) is 4.74 Å². The van der Waals surface area contributed by atoms with Crippen molar-refractivity contribution in [2.24, 2.45) is 0 Å². The van der Waals surface area contributed by atoms with Gasteiger partial charge in [0.25, 0.3) is 5.91 Å². The van der Waals surface area contributed by atoms with E-state index >= 15 is 0 Å². The summed E-state index contributed by atoms with van der Waals surface area (Å²) in [6.45, 7) is 11.1. The first-order chi connectivity index (χ1) is 17.1. The molecule has 2 aliphatic heterocycles. The van der Waals surface area contributed by atoms with Crippen molar-refractivity contribution in [2.45, 2.75) is 45.6 Å². The number of allylic oxidation sites excluding steroid dienone is 1. The van der Waals surface area contributed by atoms with Gasteiger partial charge < -0.3 is 20.3 Å². The molecule has 2 aromatic rings. The molecule has 0 saturated carbocycles. The van der Waals surface area contributed by atoms with Gasteiger partial charge in [-0.3, -0.25) is 14.5 Å². The van der Waals surface area contributed by atoms with Gasteiger partial charge >= 0.3 is 6.03 Å². The van der Waals surface area contributed by atoms with Crippen LogP contribution >= 0.6 is 0 Å². The zero-order chi connectivity index (χ0) is 25.9. The van der Waals surface area contributed by atoms with E-state index in [-0.39, 0.29) is 31.0 Å². The summed E-state index contributed by atoms with van der Waals surface area (Å²) < 4.78 is 5.57. The van der Waals surface area contributed by atoms with Gasteiger partial charge in [0.2, 0.25) is 5.91 Å². The molecule has 0 unspecified atom stereocenters. The van der Waals surface area contributed by atoms with Gasteiger partial charge in [0.1, 0.15) is 12.3 Å². The fourth-order valence-corrected chi connectivity index (χ4v) is 4.52. The maximum Gasteiger partial charge on any atom is 0.319 e. The molecule has 2 heterocycles. The normalized spacial score (nSPS) is 15.6. The molecule has 4 rings (SSSR count). The Morgan fingerprint density at radius 1 is 1.08 bits per heavy atom. The minimum atomic E-state index is -0.643. The molecule has 2 aromatic carbocycles. The van der Waals surface area contributed by atoms with E-state index in [1.54, 1.807) is 18.2 Å². The van der Waals surface area contributed by atoms with Gasteiger partial charge in [0, 0.05) is 18.8 Å². The van der Waals surface area contributed by atoms with Crippen molar-refractivity contribution in [3.63, 3.8) is 0 Å². The average Bonchev–Trinajstić information content (AvgIpc) is 2.86. The molecule has 0 atom stereocenters. The second-order valence-electron chi connectivity index (χ2n) is 9.96. The molecule has 0 bridgehead atoms. The predicted molar refractivity (Wildman–Crippen MR) is 141 cm³/mol. The molecule has 2 N–H and O–H groups in total. The summed E-state index contributed by atoms with van der Waals surface area (Å²) in [4.78, 5) is 41.7. The molecule has 1 saturated heterocycles. The maximum absolute atomic E-state index is 12.9. The Labute approximate surface area is 212 Å². The molecule has 0 radical (unpaired) electrons. The lowest BCUT2D eigenvalue weighted by molar-refractivity contribution is -0.132. The number of likely N-dealkylation sites (tertiary alicyclic amines) is 1. The first-order valence-corrected chi connectivity index (χ1v) is 12.3. The fraction of sp³-hybridized carbons (Fsp3) is 0.393. The molecular formula is C28H34N4O4. The first-order valence-electron chi connectivity index (χ1n) is 12.3. The number of anilines is 2. The number of hydrogen-bond acceptors (Lipinski definition) is 4. The van der Waals surface area contributed by atoms with E-state index in [1.165, 1.54) is 4.90 Å². The van der Waals surface area contributed by atoms with Crippen molar-refractivity contribution in [3.05, 3.63) is 60.2 Å². The number of nitrogens with one attached hydrogen (secondary N) is 2. The lowest BCUT2D eigenvalue weighted by atomic mass is 9.92. The SMILES string of the molecule is C=C(C)c1cccc(C(C)(C)NC(=O)Nc2ccc3c(c2)N(CC(=O)N2CCCCC2)C(=O)CO3)c1. The van der Waals surface area contributed by atoms with Crippen molar-refractivity contribution < 1.29 is 19.1 Å². The predicted octanol–water partition coefficient (Wildman–Crippen LogP) is 4.51. The second kappa shape index (κ2) is 10.4. The molecule has 8 heteroatoms. The van der Waals surface area contributed by atoms with E-state index in [1.807, 2.05) is 49.9 Å². The minimum absolute atomic E-state index is 0.0447. The summed E-state index contributed by atoms with van der Waals surface area (Å²) in [6, 6.07) is 12.6. The van der Waals surface area contributed by atoms with E-state index in [0.717, 1.165) is 49.1 Å². The quantitative estimate of drug-likeness (QED) is 0.623. The Morgan fingerprint density at radius 2 is 1.83 bits per heavy atom. The van der Waals surface area contributed by atoms with Crippen LogP contribution in [0.4, 0.5) is 16.2 Å². The van der Waals surface area contributed by atoms with Crippen LogP contribution in [0.5, 0.6) is 5.75 Å². The van der Waals surface area contributed by atoms with E-state index in [2.05, 4.69) is 17.2 Å². The summed E-state index contributed by atoms with van der Waals surface area (Å²) in [6.07, 6.45) is 3.09. The summed E-state index contributed by atoms with van der Waals surface area (Å²) in [7, 11) is 0. The van der Waals surface area contributed by atoms with Crippen molar-refractivity contribution in [2.75, 3.05) is 36.5 Å². The highest BCUT2D eigenvalue weighted by atomic mass is 16.5. The highest BCUT2D eigenvalue weighted by Gasteiger charge is 2.30. The van der Waals surface area contributed by atoms with Crippen LogP contribution in [0.15, 0.2) is 49.0 Å². The molecule has 0 aliphatic carbocycles. The van der Waals surface area contributed by atoms with Crippen LogP contribution in [0.3, 0.4) is 0 Å². The number of hydrogen-bond donors (Lipinski definition) is 2. The van der Waals surface area contributed by atoms with Gasteiger partial charge in [0.05, 0.1) is 11.2 Å². The van der Waals surface area contributed by atoms with Gasteiger partial charge in [-0.05, 0) is 75.4 Å². The lowest BCUT2D eigenvalue weighted by Gasteiger charge is -2.33. The first kappa shape index (κ1) is 25.3. The fourth-order valence-electron chi connectivity index (χ4n) is 4.52. The Morgan fingerprint density at radius 3 is 2.56 bits per heavy atom. The van der Waals surface area contributed by atoms with Crippen molar-refractivity contribution in [1.82, 2.24) is 10.2 Å². The number of amides is 4. The molecule has 36 heavy (non-hydrogen) atoms. The van der Waals surface area contributed by atoms with Gasteiger partial charge in [-0.2, -0.15) is 0 Å². The van der Waals surface area contributed by atoms with Gasteiger partial charge in [-0.25, -0.2) is 4.79 Å². The summed E-state index contributed by atoms with van der Waals surface area (Å²) in [5.41, 5.74) is 3.24.